The SMILES string of the molecule is CN(C)c1ccc(C2C(S(=O)(=O)NCCN3CCOCC3)CON2C)cc1. The van der Waals surface area contributed by atoms with E-state index in [2.05, 4.69) is 9.62 Å². The van der Waals surface area contributed by atoms with Crippen molar-refractivity contribution >= 4 is 15.7 Å². The van der Waals surface area contributed by atoms with Crippen molar-refractivity contribution in [2.75, 3.05) is 72.0 Å². The van der Waals surface area contributed by atoms with E-state index >= 15 is 0 Å². The molecule has 2 fully saturated rings. The fourth-order valence-electron chi connectivity index (χ4n) is 3.53. The lowest BCUT2D eigenvalue weighted by Gasteiger charge is -2.27. The minimum Gasteiger partial charge on any atom is -0.379 e. The van der Waals surface area contributed by atoms with Crippen molar-refractivity contribution in [1.29, 1.82) is 0 Å². The molecule has 1 N–H and O–H groups in total. The van der Waals surface area contributed by atoms with E-state index in [1.54, 1.807) is 12.1 Å². The Morgan fingerprint density at radius 3 is 2.48 bits per heavy atom. The van der Waals surface area contributed by atoms with E-state index in [0.717, 1.165) is 24.3 Å². The van der Waals surface area contributed by atoms with E-state index in [-0.39, 0.29) is 12.6 Å². The van der Waals surface area contributed by atoms with Crippen molar-refractivity contribution in [3.05, 3.63) is 29.8 Å². The van der Waals surface area contributed by atoms with Crippen LogP contribution in [0.15, 0.2) is 24.3 Å². The molecule has 152 valence electrons. The smallest absolute Gasteiger partial charge is 0.218 e. The van der Waals surface area contributed by atoms with Crippen molar-refractivity contribution in [2.24, 2.45) is 0 Å². The Kier molecular flexibility index (Phi) is 6.72. The van der Waals surface area contributed by atoms with Crippen LogP contribution < -0.4 is 9.62 Å². The molecule has 0 radical (unpaired) electrons. The van der Waals surface area contributed by atoms with Crippen LogP contribution in [0, 0.1) is 0 Å². The highest BCUT2D eigenvalue weighted by atomic mass is 32.2. The third-order valence-corrected chi connectivity index (χ3v) is 6.97. The predicted octanol–water partition coefficient (Wildman–Crippen LogP) is 0.291. The Bertz CT molecular complexity index is 705. The summed E-state index contributed by atoms with van der Waals surface area (Å²) in [6.45, 7) is 4.35. The summed E-state index contributed by atoms with van der Waals surface area (Å²) in [6, 6.07) is 7.61. The van der Waals surface area contributed by atoms with Gasteiger partial charge in [-0.25, -0.2) is 13.1 Å². The van der Waals surface area contributed by atoms with Gasteiger partial charge >= 0.3 is 0 Å². The first kappa shape index (κ1) is 20.5. The first-order valence-electron chi connectivity index (χ1n) is 9.30. The monoisotopic (exact) mass is 398 g/mol. The van der Waals surface area contributed by atoms with Crippen LogP contribution in [0.3, 0.4) is 0 Å². The summed E-state index contributed by atoms with van der Waals surface area (Å²) in [7, 11) is 2.24. The summed E-state index contributed by atoms with van der Waals surface area (Å²) in [4.78, 5) is 9.79. The zero-order chi connectivity index (χ0) is 19.4. The zero-order valence-corrected chi connectivity index (χ0v) is 17.1. The van der Waals surface area contributed by atoms with Crippen molar-refractivity contribution in [1.82, 2.24) is 14.7 Å². The zero-order valence-electron chi connectivity index (χ0n) is 16.3. The van der Waals surface area contributed by atoms with Crippen molar-refractivity contribution < 1.29 is 18.0 Å². The van der Waals surface area contributed by atoms with Crippen molar-refractivity contribution in [2.45, 2.75) is 11.3 Å². The van der Waals surface area contributed by atoms with E-state index in [0.29, 0.717) is 26.3 Å². The Morgan fingerprint density at radius 1 is 1.19 bits per heavy atom. The molecule has 27 heavy (non-hydrogen) atoms. The summed E-state index contributed by atoms with van der Waals surface area (Å²) < 4.78 is 33.9. The van der Waals surface area contributed by atoms with Crippen molar-refractivity contribution in [3.8, 4) is 0 Å². The first-order chi connectivity index (χ1) is 12.9. The average Bonchev–Trinajstić information content (AvgIpc) is 3.05. The number of benzene rings is 1. The largest absolute Gasteiger partial charge is 0.379 e. The van der Waals surface area contributed by atoms with Gasteiger partial charge in [0, 0.05) is 53.0 Å². The van der Waals surface area contributed by atoms with Crippen LogP contribution in [0.4, 0.5) is 5.69 Å². The third-order valence-electron chi connectivity index (χ3n) is 5.17. The molecule has 2 saturated heterocycles. The molecule has 2 aliphatic rings. The molecule has 0 bridgehead atoms. The van der Waals surface area contributed by atoms with Gasteiger partial charge < -0.3 is 9.64 Å². The lowest BCUT2D eigenvalue weighted by Crippen LogP contribution is -2.44. The molecule has 0 spiro atoms. The fraction of sp³-hybridized carbons (Fsp3) is 0.667. The minimum atomic E-state index is -3.50. The maximum Gasteiger partial charge on any atom is 0.218 e. The number of anilines is 1. The van der Waals surface area contributed by atoms with Crippen LogP contribution in [0.2, 0.25) is 0 Å². The molecule has 9 heteroatoms. The molecule has 0 aromatic heterocycles. The molecule has 3 rings (SSSR count). The summed E-state index contributed by atoms with van der Waals surface area (Å²) in [5.41, 5.74) is 2.01. The minimum absolute atomic E-state index is 0.156. The standard InChI is InChI=1S/C18H30N4O4S/c1-20(2)16-6-4-15(5-7-16)18-17(14-26-21(18)3)27(23,24)19-8-9-22-10-12-25-13-11-22/h4-7,17-19H,8-14H2,1-3H3. The van der Waals surface area contributed by atoms with Gasteiger partial charge in [-0.3, -0.25) is 9.74 Å². The molecule has 0 amide bonds. The Morgan fingerprint density at radius 2 is 1.85 bits per heavy atom. The molecule has 8 nitrogen and oxygen atoms in total. The van der Waals surface area contributed by atoms with E-state index < -0.39 is 15.3 Å². The molecule has 2 heterocycles. The second kappa shape index (κ2) is 8.85. The first-order valence-corrected chi connectivity index (χ1v) is 10.8. The Hall–Kier alpha value is -1.23. The van der Waals surface area contributed by atoms with Crippen LogP contribution in [-0.2, 0) is 19.6 Å². The number of morpholine rings is 1. The van der Waals surface area contributed by atoms with Gasteiger partial charge in [0.1, 0.15) is 5.25 Å². The highest BCUT2D eigenvalue weighted by molar-refractivity contribution is 7.90. The number of hydrogen-bond acceptors (Lipinski definition) is 7. The highest BCUT2D eigenvalue weighted by Crippen LogP contribution is 2.33. The van der Waals surface area contributed by atoms with Gasteiger partial charge in [0.05, 0.1) is 25.9 Å². The molecular weight excluding hydrogens is 368 g/mol. The maximum absolute atomic E-state index is 12.9. The molecule has 1 aromatic carbocycles. The molecule has 1 aromatic rings. The molecule has 0 aliphatic carbocycles. The van der Waals surface area contributed by atoms with Crippen molar-refractivity contribution in [3.63, 3.8) is 0 Å². The van der Waals surface area contributed by atoms with Gasteiger partial charge in [-0.05, 0) is 17.7 Å². The third kappa shape index (κ3) is 4.98. The van der Waals surface area contributed by atoms with Gasteiger partial charge in [0.2, 0.25) is 10.0 Å². The van der Waals surface area contributed by atoms with E-state index in [1.807, 2.05) is 43.3 Å². The van der Waals surface area contributed by atoms with Gasteiger partial charge in [0.15, 0.2) is 0 Å². The number of ether oxygens (including phenoxy) is 1. The summed E-state index contributed by atoms with van der Waals surface area (Å²) in [5, 5.41) is 1.01. The molecule has 2 aliphatic heterocycles. The molecule has 2 unspecified atom stereocenters. The molecule has 0 saturated carbocycles. The number of hydrogen-bond donors (Lipinski definition) is 1. The van der Waals surface area contributed by atoms with E-state index in [4.69, 9.17) is 9.57 Å². The highest BCUT2D eigenvalue weighted by Gasteiger charge is 2.43. The summed E-state index contributed by atoms with van der Waals surface area (Å²) in [6.07, 6.45) is 0. The Balaban J connectivity index is 1.65. The summed E-state index contributed by atoms with van der Waals surface area (Å²) >= 11 is 0. The second-order valence-electron chi connectivity index (χ2n) is 7.20. The van der Waals surface area contributed by atoms with Gasteiger partial charge in [-0.15, -0.1) is 0 Å². The van der Waals surface area contributed by atoms with Crippen LogP contribution >= 0.6 is 0 Å². The number of sulfonamides is 1. The van der Waals surface area contributed by atoms with Crippen LogP contribution in [0.25, 0.3) is 0 Å². The fourth-order valence-corrected chi connectivity index (χ4v) is 5.03. The van der Waals surface area contributed by atoms with Crippen LogP contribution in [-0.4, -0.2) is 90.8 Å². The van der Waals surface area contributed by atoms with Crippen LogP contribution in [0.5, 0.6) is 0 Å². The maximum atomic E-state index is 12.9. The van der Waals surface area contributed by atoms with E-state index in [1.165, 1.54) is 0 Å². The van der Waals surface area contributed by atoms with Gasteiger partial charge in [-0.1, -0.05) is 12.1 Å². The van der Waals surface area contributed by atoms with Gasteiger partial charge in [0.25, 0.3) is 0 Å². The van der Waals surface area contributed by atoms with Gasteiger partial charge in [-0.2, -0.15) is 5.06 Å². The summed E-state index contributed by atoms with van der Waals surface area (Å²) in [5.74, 6) is 0. The number of hydroxylamine groups is 2. The average molecular weight is 399 g/mol. The molecule has 2 atom stereocenters. The topological polar surface area (TPSA) is 74.4 Å². The number of rotatable bonds is 7. The molecular formula is C18H30N4O4S. The quantitative estimate of drug-likeness (QED) is 0.708. The van der Waals surface area contributed by atoms with Crippen LogP contribution in [0.1, 0.15) is 11.6 Å². The lowest BCUT2D eigenvalue weighted by molar-refractivity contribution is -0.110. The Labute approximate surface area is 162 Å². The van der Waals surface area contributed by atoms with E-state index in [9.17, 15) is 8.42 Å². The predicted molar refractivity (Wildman–Crippen MR) is 105 cm³/mol. The second-order valence-corrected chi connectivity index (χ2v) is 9.19. The lowest BCUT2D eigenvalue weighted by atomic mass is 10.0. The number of nitrogens with one attached hydrogen (secondary N) is 1. The number of nitrogens with zero attached hydrogens (tertiary/aromatic N) is 3. The normalized spacial score (nSPS) is 25.0.